The highest BCUT2D eigenvalue weighted by Gasteiger charge is 2.06. The second-order valence-corrected chi connectivity index (χ2v) is 5.52. The summed E-state index contributed by atoms with van der Waals surface area (Å²) in [6.07, 6.45) is 0.861. The number of carbonyl (C=O) groups excluding carboxylic acids is 1. The smallest absolute Gasteiger partial charge is 0.308 e. The van der Waals surface area contributed by atoms with Gasteiger partial charge in [-0.05, 0) is 49.2 Å². The third kappa shape index (κ3) is 3.84. The van der Waals surface area contributed by atoms with Crippen LogP contribution in [-0.2, 0) is 6.42 Å². The van der Waals surface area contributed by atoms with Gasteiger partial charge in [-0.3, -0.25) is 0 Å². The van der Waals surface area contributed by atoms with Crippen molar-refractivity contribution >= 4 is 33.3 Å². The van der Waals surface area contributed by atoms with Crippen molar-refractivity contribution in [1.29, 1.82) is 0 Å². The summed E-state index contributed by atoms with van der Waals surface area (Å²) in [7, 11) is 0. The number of nitrogens with one attached hydrogen (secondary N) is 2. The Morgan fingerprint density at radius 1 is 1.10 bits per heavy atom. The number of urea groups is 1. The first kappa shape index (κ1) is 14.6. The Bertz CT molecular complexity index is 608. The van der Waals surface area contributed by atoms with E-state index in [0.717, 1.165) is 33.4 Å². The lowest BCUT2D eigenvalue weighted by molar-refractivity contribution is 0.262. The van der Waals surface area contributed by atoms with Gasteiger partial charge in [0.25, 0.3) is 0 Å². The predicted octanol–water partition coefficient (Wildman–Crippen LogP) is 4.96. The van der Waals surface area contributed by atoms with E-state index in [0.29, 0.717) is 0 Å². The molecule has 0 spiro atoms. The molecule has 2 amide bonds. The first-order valence-corrected chi connectivity index (χ1v) is 7.31. The van der Waals surface area contributed by atoms with Gasteiger partial charge in [0.2, 0.25) is 0 Å². The van der Waals surface area contributed by atoms with E-state index in [1.54, 1.807) is 0 Å². The van der Waals surface area contributed by atoms with Crippen molar-refractivity contribution in [3.05, 3.63) is 58.1 Å². The lowest BCUT2D eigenvalue weighted by Crippen LogP contribution is -2.20. The molecule has 2 aromatic rings. The van der Waals surface area contributed by atoms with E-state index in [2.05, 4.69) is 33.5 Å². The Balaban J connectivity index is 2.06. The summed E-state index contributed by atoms with van der Waals surface area (Å²) in [4.78, 5) is 12.0. The van der Waals surface area contributed by atoms with Crippen LogP contribution in [0, 0.1) is 6.92 Å². The van der Waals surface area contributed by atoms with E-state index in [9.17, 15) is 4.79 Å². The fourth-order valence-electron chi connectivity index (χ4n) is 1.90. The fourth-order valence-corrected chi connectivity index (χ4v) is 2.31. The van der Waals surface area contributed by atoms with Crippen LogP contribution in [0.25, 0.3) is 0 Å². The molecule has 0 aliphatic carbocycles. The van der Waals surface area contributed by atoms with Crippen molar-refractivity contribution in [2.75, 3.05) is 10.6 Å². The molecule has 0 aliphatic heterocycles. The van der Waals surface area contributed by atoms with Crippen LogP contribution in [0.5, 0.6) is 0 Å². The van der Waals surface area contributed by atoms with Crippen molar-refractivity contribution < 1.29 is 4.79 Å². The molecular formula is C16H17BrN2O. The Labute approximate surface area is 127 Å². The Morgan fingerprint density at radius 3 is 2.45 bits per heavy atom. The minimum Gasteiger partial charge on any atom is -0.308 e. The highest BCUT2D eigenvalue weighted by atomic mass is 79.9. The molecule has 0 saturated heterocycles. The maximum absolute atomic E-state index is 12.0. The van der Waals surface area contributed by atoms with Gasteiger partial charge in [-0.25, -0.2) is 4.79 Å². The first-order valence-electron chi connectivity index (χ1n) is 6.51. The van der Waals surface area contributed by atoms with Crippen molar-refractivity contribution in [1.82, 2.24) is 0 Å². The van der Waals surface area contributed by atoms with Crippen LogP contribution >= 0.6 is 15.9 Å². The van der Waals surface area contributed by atoms with Gasteiger partial charge in [0.15, 0.2) is 0 Å². The lowest BCUT2D eigenvalue weighted by Gasteiger charge is -2.11. The molecule has 2 aromatic carbocycles. The van der Waals surface area contributed by atoms with Crippen LogP contribution in [-0.4, -0.2) is 6.03 Å². The number of aryl methyl sites for hydroxylation is 2. The summed E-state index contributed by atoms with van der Waals surface area (Å²) in [5.74, 6) is 0. The highest BCUT2D eigenvalue weighted by Crippen LogP contribution is 2.21. The van der Waals surface area contributed by atoms with E-state index in [1.807, 2.05) is 49.4 Å². The number of hydrogen-bond donors (Lipinski definition) is 2. The highest BCUT2D eigenvalue weighted by molar-refractivity contribution is 9.10. The topological polar surface area (TPSA) is 41.1 Å². The molecule has 0 aliphatic rings. The quantitative estimate of drug-likeness (QED) is 0.819. The van der Waals surface area contributed by atoms with Crippen LogP contribution in [0.15, 0.2) is 46.9 Å². The van der Waals surface area contributed by atoms with Gasteiger partial charge in [-0.1, -0.05) is 40.5 Å². The molecule has 0 saturated carbocycles. The van der Waals surface area contributed by atoms with Gasteiger partial charge < -0.3 is 10.6 Å². The molecule has 0 bridgehead atoms. The summed E-state index contributed by atoms with van der Waals surface area (Å²) in [6, 6.07) is 13.3. The van der Waals surface area contributed by atoms with Crippen LogP contribution in [0.3, 0.4) is 0 Å². The molecule has 0 atom stereocenters. The van der Waals surface area contributed by atoms with E-state index in [4.69, 9.17) is 0 Å². The van der Waals surface area contributed by atoms with Crippen molar-refractivity contribution in [3.8, 4) is 0 Å². The summed E-state index contributed by atoms with van der Waals surface area (Å²) in [5, 5.41) is 5.70. The summed E-state index contributed by atoms with van der Waals surface area (Å²) in [6.45, 7) is 4.07. The first-order chi connectivity index (χ1) is 9.58. The number of hydrogen-bond acceptors (Lipinski definition) is 1. The average molecular weight is 333 g/mol. The Kier molecular flexibility index (Phi) is 4.79. The minimum absolute atomic E-state index is 0.231. The van der Waals surface area contributed by atoms with Crippen molar-refractivity contribution in [3.63, 3.8) is 0 Å². The third-order valence-corrected chi connectivity index (χ3v) is 3.50. The molecule has 3 nitrogen and oxygen atoms in total. The van der Waals surface area contributed by atoms with Crippen molar-refractivity contribution in [2.45, 2.75) is 20.3 Å². The monoisotopic (exact) mass is 332 g/mol. The molecule has 20 heavy (non-hydrogen) atoms. The number of carbonyl (C=O) groups is 1. The van der Waals surface area contributed by atoms with Gasteiger partial charge in [-0.15, -0.1) is 0 Å². The number of anilines is 2. The zero-order chi connectivity index (χ0) is 14.5. The number of benzene rings is 2. The number of halogens is 1. The molecule has 0 heterocycles. The van der Waals surface area contributed by atoms with Gasteiger partial charge in [-0.2, -0.15) is 0 Å². The largest absolute Gasteiger partial charge is 0.323 e. The lowest BCUT2D eigenvalue weighted by atomic mass is 10.1. The van der Waals surface area contributed by atoms with Crippen molar-refractivity contribution in [2.24, 2.45) is 0 Å². The summed E-state index contributed by atoms with van der Waals surface area (Å²) in [5.41, 5.74) is 3.87. The average Bonchev–Trinajstić information content (AvgIpc) is 2.43. The van der Waals surface area contributed by atoms with E-state index < -0.39 is 0 Å². The maximum Gasteiger partial charge on any atom is 0.323 e. The van der Waals surface area contributed by atoms with E-state index in [1.165, 1.54) is 0 Å². The second kappa shape index (κ2) is 6.57. The molecule has 2 N–H and O–H groups in total. The van der Waals surface area contributed by atoms with Gasteiger partial charge in [0.05, 0.1) is 0 Å². The Hall–Kier alpha value is -1.81. The molecule has 2 rings (SSSR count). The van der Waals surface area contributed by atoms with Gasteiger partial charge in [0, 0.05) is 15.8 Å². The fraction of sp³-hybridized carbons (Fsp3) is 0.188. The summed E-state index contributed by atoms with van der Waals surface area (Å²) >= 11 is 3.44. The SMILES string of the molecule is CCc1cc(Br)ccc1NC(=O)Nc1ccc(C)cc1. The zero-order valence-electron chi connectivity index (χ0n) is 11.5. The minimum atomic E-state index is -0.231. The molecule has 0 fully saturated rings. The van der Waals surface area contributed by atoms with Crippen LogP contribution in [0.2, 0.25) is 0 Å². The molecular weight excluding hydrogens is 316 g/mol. The summed E-state index contributed by atoms with van der Waals surface area (Å²) < 4.78 is 1.01. The Morgan fingerprint density at radius 2 is 1.80 bits per heavy atom. The maximum atomic E-state index is 12.0. The third-order valence-electron chi connectivity index (χ3n) is 3.01. The van der Waals surface area contributed by atoms with Gasteiger partial charge in [0.1, 0.15) is 0 Å². The zero-order valence-corrected chi connectivity index (χ0v) is 13.1. The van der Waals surface area contributed by atoms with Crippen LogP contribution < -0.4 is 10.6 Å². The van der Waals surface area contributed by atoms with Crippen LogP contribution in [0.4, 0.5) is 16.2 Å². The van der Waals surface area contributed by atoms with E-state index >= 15 is 0 Å². The molecule has 0 radical (unpaired) electrons. The molecule has 0 unspecified atom stereocenters. The standard InChI is InChI=1S/C16H17BrN2O/c1-3-12-10-13(17)6-9-15(12)19-16(20)18-14-7-4-11(2)5-8-14/h4-10H,3H2,1-2H3,(H2,18,19,20). The van der Waals surface area contributed by atoms with E-state index in [-0.39, 0.29) is 6.03 Å². The molecule has 4 heteroatoms. The second-order valence-electron chi connectivity index (χ2n) is 4.60. The number of rotatable bonds is 3. The predicted molar refractivity (Wildman–Crippen MR) is 87.3 cm³/mol. The normalized spacial score (nSPS) is 10.2. The van der Waals surface area contributed by atoms with Gasteiger partial charge >= 0.3 is 6.03 Å². The number of amides is 2. The van der Waals surface area contributed by atoms with Crippen LogP contribution in [0.1, 0.15) is 18.1 Å². The molecule has 0 aromatic heterocycles. The molecule has 104 valence electrons.